The summed E-state index contributed by atoms with van der Waals surface area (Å²) in [4.78, 5) is 4.96. The quantitative estimate of drug-likeness (QED) is 0.767. The van der Waals surface area contributed by atoms with Crippen LogP contribution in [-0.2, 0) is 29.3 Å². The largest absolute Gasteiger partial charge is 0.339 e. The first-order chi connectivity index (χ1) is 13.6. The molecule has 2 fully saturated rings. The van der Waals surface area contributed by atoms with Gasteiger partial charge in [-0.25, -0.2) is 8.42 Å². The fourth-order valence-electron chi connectivity index (χ4n) is 4.54. The van der Waals surface area contributed by atoms with E-state index in [1.54, 1.807) is 10.4 Å². The van der Waals surface area contributed by atoms with Crippen LogP contribution in [0.3, 0.4) is 0 Å². The first-order valence-electron chi connectivity index (χ1n) is 10.5. The van der Waals surface area contributed by atoms with Crippen molar-refractivity contribution < 1.29 is 12.9 Å². The van der Waals surface area contributed by atoms with Crippen LogP contribution < -0.4 is 0 Å². The van der Waals surface area contributed by atoms with E-state index >= 15 is 0 Å². The maximum absolute atomic E-state index is 13.2. The van der Waals surface area contributed by atoms with Gasteiger partial charge >= 0.3 is 0 Å². The van der Waals surface area contributed by atoms with E-state index < -0.39 is 10.0 Å². The van der Waals surface area contributed by atoms with Crippen LogP contribution in [0.1, 0.15) is 67.3 Å². The number of aryl methyl sites for hydroxylation is 2. The number of fused-ring (bicyclic) bond motifs is 1. The lowest BCUT2D eigenvalue weighted by molar-refractivity contribution is 0.246. The Hall–Kier alpha value is -1.73. The third-order valence-electron chi connectivity index (χ3n) is 6.33. The Balaban J connectivity index is 1.30. The topological polar surface area (TPSA) is 76.3 Å². The summed E-state index contributed by atoms with van der Waals surface area (Å²) in [6.45, 7) is 1.12. The lowest BCUT2D eigenvalue weighted by Crippen LogP contribution is -2.40. The van der Waals surface area contributed by atoms with Crippen molar-refractivity contribution in [3.05, 3.63) is 41.0 Å². The number of hydrogen-bond donors (Lipinski definition) is 0. The highest BCUT2D eigenvalue weighted by molar-refractivity contribution is 7.89. The third kappa shape index (κ3) is 3.62. The standard InChI is InChI=1S/C21H27N3O3S/c25-28(26,19-10-9-16-5-1-2-6-18(16)13-19)24-11-3-4-15(14-24)12-20-22-21(23-27-20)17-7-8-17/h9-10,13,15,17H,1-8,11-12,14H2/t15-/m1/s1. The molecule has 1 saturated heterocycles. The van der Waals surface area contributed by atoms with Crippen molar-refractivity contribution in [2.45, 2.75) is 68.6 Å². The molecule has 6 nitrogen and oxygen atoms in total. The molecule has 0 amide bonds. The Morgan fingerprint density at radius 1 is 1.07 bits per heavy atom. The maximum Gasteiger partial charge on any atom is 0.243 e. The van der Waals surface area contributed by atoms with Gasteiger partial charge in [0.2, 0.25) is 15.9 Å². The van der Waals surface area contributed by atoms with E-state index in [9.17, 15) is 8.42 Å². The van der Waals surface area contributed by atoms with Gasteiger partial charge in [-0.2, -0.15) is 9.29 Å². The minimum absolute atomic E-state index is 0.230. The van der Waals surface area contributed by atoms with Crippen molar-refractivity contribution in [1.29, 1.82) is 0 Å². The minimum atomic E-state index is -3.45. The summed E-state index contributed by atoms with van der Waals surface area (Å²) in [5.41, 5.74) is 2.52. The van der Waals surface area contributed by atoms with Crippen molar-refractivity contribution in [3.63, 3.8) is 0 Å². The highest BCUT2D eigenvalue weighted by Crippen LogP contribution is 2.38. The summed E-state index contributed by atoms with van der Waals surface area (Å²) in [5, 5.41) is 4.08. The van der Waals surface area contributed by atoms with Crippen LogP contribution in [0.25, 0.3) is 0 Å². The Morgan fingerprint density at radius 3 is 2.71 bits per heavy atom. The van der Waals surface area contributed by atoms with Gasteiger partial charge in [-0.15, -0.1) is 0 Å². The molecule has 1 saturated carbocycles. The molecule has 2 heterocycles. The van der Waals surface area contributed by atoms with E-state index in [1.807, 2.05) is 12.1 Å². The molecule has 0 N–H and O–H groups in total. The fourth-order valence-corrected chi connectivity index (χ4v) is 6.14. The number of aromatic nitrogens is 2. The van der Waals surface area contributed by atoms with Gasteiger partial charge in [-0.05, 0) is 80.5 Å². The first-order valence-corrected chi connectivity index (χ1v) is 12.0. The molecule has 1 atom stereocenters. The number of hydrogen-bond acceptors (Lipinski definition) is 5. The average molecular weight is 402 g/mol. The summed E-state index contributed by atoms with van der Waals surface area (Å²) in [6.07, 6.45) is 9.23. The molecule has 28 heavy (non-hydrogen) atoms. The number of sulfonamides is 1. The SMILES string of the molecule is O=S(=O)(c1ccc2c(c1)CCCC2)N1CCC[C@H](Cc2nc(C3CC3)no2)C1. The van der Waals surface area contributed by atoms with Gasteiger partial charge in [0.05, 0.1) is 4.90 Å². The highest BCUT2D eigenvalue weighted by Gasteiger charge is 2.33. The van der Waals surface area contributed by atoms with E-state index in [0.29, 0.717) is 36.2 Å². The number of nitrogens with zero attached hydrogens (tertiary/aromatic N) is 3. The number of rotatable bonds is 5. The van der Waals surface area contributed by atoms with Crippen molar-refractivity contribution >= 4 is 10.0 Å². The zero-order chi connectivity index (χ0) is 19.1. The van der Waals surface area contributed by atoms with Crippen LogP contribution in [0.4, 0.5) is 0 Å². The predicted molar refractivity (Wildman–Crippen MR) is 105 cm³/mol. The second-order valence-electron chi connectivity index (χ2n) is 8.53. The summed E-state index contributed by atoms with van der Waals surface area (Å²) in [7, 11) is -3.45. The smallest absolute Gasteiger partial charge is 0.243 e. The number of piperidine rings is 1. The first kappa shape index (κ1) is 18.3. The molecule has 150 valence electrons. The van der Waals surface area contributed by atoms with Gasteiger partial charge in [0, 0.05) is 25.4 Å². The molecule has 0 bridgehead atoms. The molecule has 2 aromatic rings. The summed E-state index contributed by atoms with van der Waals surface area (Å²) >= 11 is 0. The fraction of sp³-hybridized carbons (Fsp3) is 0.619. The van der Waals surface area contributed by atoms with Crippen molar-refractivity contribution in [2.24, 2.45) is 5.92 Å². The van der Waals surface area contributed by atoms with Crippen LogP contribution in [0, 0.1) is 5.92 Å². The molecular weight excluding hydrogens is 374 g/mol. The minimum Gasteiger partial charge on any atom is -0.339 e. The molecule has 1 aromatic carbocycles. The summed E-state index contributed by atoms with van der Waals surface area (Å²) in [5.74, 6) is 2.18. The molecule has 1 aromatic heterocycles. The summed E-state index contributed by atoms with van der Waals surface area (Å²) in [6, 6.07) is 5.72. The van der Waals surface area contributed by atoms with Crippen LogP contribution in [-0.4, -0.2) is 36.0 Å². The Bertz CT molecular complexity index is 965. The van der Waals surface area contributed by atoms with Crippen LogP contribution in [0.2, 0.25) is 0 Å². The molecule has 0 radical (unpaired) electrons. The molecule has 1 aliphatic heterocycles. The molecule has 0 unspecified atom stereocenters. The van der Waals surface area contributed by atoms with E-state index in [2.05, 4.69) is 10.1 Å². The van der Waals surface area contributed by atoms with Crippen LogP contribution in [0.5, 0.6) is 0 Å². The Labute approximate surface area is 166 Å². The lowest BCUT2D eigenvalue weighted by atomic mass is 9.92. The van der Waals surface area contributed by atoms with Crippen LogP contribution >= 0.6 is 0 Å². The monoisotopic (exact) mass is 401 g/mol. The van der Waals surface area contributed by atoms with Gasteiger partial charge in [-0.1, -0.05) is 11.2 Å². The van der Waals surface area contributed by atoms with Gasteiger partial charge in [0.1, 0.15) is 0 Å². The van der Waals surface area contributed by atoms with E-state index in [1.165, 1.54) is 17.5 Å². The second-order valence-corrected chi connectivity index (χ2v) is 10.5. The van der Waals surface area contributed by atoms with Gasteiger partial charge in [0.15, 0.2) is 5.82 Å². The lowest BCUT2D eigenvalue weighted by Gasteiger charge is -2.31. The van der Waals surface area contributed by atoms with Gasteiger partial charge in [0.25, 0.3) is 0 Å². The van der Waals surface area contributed by atoms with E-state index in [0.717, 1.165) is 50.8 Å². The zero-order valence-corrected chi connectivity index (χ0v) is 17.0. The average Bonchev–Trinajstić information content (AvgIpc) is 3.47. The molecule has 2 aliphatic carbocycles. The van der Waals surface area contributed by atoms with Crippen molar-refractivity contribution in [1.82, 2.24) is 14.4 Å². The third-order valence-corrected chi connectivity index (χ3v) is 8.19. The van der Waals surface area contributed by atoms with E-state index in [-0.39, 0.29) is 5.92 Å². The number of benzene rings is 1. The highest BCUT2D eigenvalue weighted by atomic mass is 32.2. The van der Waals surface area contributed by atoms with Crippen LogP contribution in [0.15, 0.2) is 27.6 Å². The molecule has 3 aliphatic rings. The maximum atomic E-state index is 13.2. The normalized spacial score (nSPS) is 23.5. The molecular formula is C21H27N3O3S. The van der Waals surface area contributed by atoms with Crippen molar-refractivity contribution in [3.8, 4) is 0 Å². The van der Waals surface area contributed by atoms with E-state index in [4.69, 9.17) is 4.52 Å². The van der Waals surface area contributed by atoms with Crippen molar-refractivity contribution in [2.75, 3.05) is 13.1 Å². The zero-order valence-electron chi connectivity index (χ0n) is 16.1. The molecule has 5 rings (SSSR count). The molecule has 0 spiro atoms. The Morgan fingerprint density at radius 2 is 1.89 bits per heavy atom. The second kappa shape index (κ2) is 7.26. The van der Waals surface area contributed by atoms with Gasteiger partial charge < -0.3 is 4.52 Å². The van der Waals surface area contributed by atoms with Gasteiger partial charge in [-0.3, -0.25) is 0 Å². The molecule has 7 heteroatoms. The summed E-state index contributed by atoms with van der Waals surface area (Å²) < 4.78 is 33.6. The Kier molecular flexibility index (Phi) is 4.75. The predicted octanol–water partition coefficient (Wildman–Crippen LogP) is 3.47.